The molecule has 1 aromatic heterocycles. The average molecular weight is 706 g/mol. The average Bonchev–Trinajstić information content (AvgIpc) is 3.29. The van der Waals surface area contributed by atoms with Gasteiger partial charge in [-0.05, 0) is 85.8 Å². The minimum absolute atomic E-state index is 0.203. The zero-order valence-electron chi connectivity index (χ0n) is 30.7. The lowest BCUT2D eigenvalue weighted by atomic mass is 10.0. The molecule has 2 unspecified atom stereocenters. The number of ether oxygens (including phenoxy) is 3. The van der Waals surface area contributed by atoms with Gasteiger partial charge in [0.15, 0.2) is 5.82 Å². The topological polar surface area (TPSA) is 204 Å². The van der Waals surface area contributed by atoms with E-state index in [2.05, 4.69) is 39.2 Å². The Morgan fingerprint density at radius 1 is 1.06 bits per heavy atom. The summed E-state index contributed by atoms with van der Waals surface area (Å²) < 4.78 is 15.7. The van der Waals surface area contributed by atoms with Gasteiger partial charge >= 0.3 is 24.1 Å². The number of carboxylic acids is 1. The van der Waals surface area contributed by atoms with Crippen LogP contribution in [0.15, 0.2) is 25.3 Å². The monoisotopic (exact) mass is 705 g/mol. The van der Waals surface area contributed by atoms with E-state index in [1.165, 1.54) is 9.70 Å². The van der Waals surface area contributed by atoms with E-state index < -0.39 is 58.9 Å². The number of unbranched alkanes of at least 4 members (excludes halogenated alkanes) is 3. The van der Waals surface area contributed by atoms with Crippen LogP contribution in [0, 0.1) is 5.92 Å². The van der Waals surface area contributed by atoms with Crippen LogP contribution in [-0.2, 0) is 35.6 Å². The number of aliphatic carboxylic acids is 1. The molecule has 3 N–H and O–H groups in total. The van der Waals surface area contributed by atoms with Crippen LogP contribution >= 0.6 is 0 Å². The van der Waals surface area contributed by atoms with E-state index in [1.54, 1.807) is 61.6 Å². The zero-order valence-corrected chi connectivity index (χ0v) is 30.7. The van der Waals surface area contributed by atoms with Crippen LogP contribution in [-0.4, -0.2) is 102 Å². The highest BCUT2D eigenvalue weighted by atomic mass is 16.6. The number of carbonyl (C=O) groups is 5. The van der Waals surface area contributed by atoms with Gasteiger partial charge in [0.1, 0.15) is 28.8 Å². The Morgan fingerprint density at radius 3 is 2.22 bits per heavy atom. The van der Waals surface area contributed by atoms with Crippen molar-refractivity contribution in [1.29, 1.82) is 0 Å². The molecule has 0 spiro atoms. The number of hydrogen-bond donors (Lipinski definition) is 3. The molecule has 5 atom stereocenters. The van der Waals surface area contributed by atoms with Gasteiger partial charge in [0.2, 0.25) is 5.91 Å². The first kappa shape index (κ1) is 41.7. The van der Waals surface area contributed by atoms with Crippen LogP contribution in [0.1, 0.15) is 105 Å². The summed E-state index contributed by atoms with van der Waals surface area (Å²) in [5.41, 5.74) is -2.49. The molecule has 2 aliphatic rings. The largest absolute Gasteiger partial charge is 0.480 e. The summed E-state index contributed by atoms with van der Waals surface area (Å²) in [6, 6.07) is -1.74. The van der Waals surface area contributed by atoms with Gasteiger partial charge in [-0.25, -0.2) is 19.2 Å². The van der Waals surface area contributed by atoms with Crippen molar-refractivity contribution >= 4 is 30.0 Å². The van der Waals surface area contributed by atoms with Gasteiger partial charge in [-0.2, -0.15) is 4.80 Å². The third-order valence-electron chi connectivity index (χ3n) is 7.80. The molecule has 1 aliphatic heterocycles. The number of alkyl carbamates (subject to hydrolysis) is 1. The number of aromatic nitrogens is 4. The number of likely N-dealkylation sites (tertiary alicyclic amines) is 1. The second-order valence-corrected chi connectivity index (χ2v) is 14.4. The molecule has 3 rings (SSSR count). The van der Waals surface area contributed by atoms with Crippen LogP contribution in [0.2, 0.25) is 0 Å². The zero-order chi connectivity index (χ0) is 37.9. The first-order valence-corrected chi connectivity index (χ1v) is 16.9. The molecule has 0 aromatic carbocycles. The van der Waals surface area contributed by atoms with Gasteiger partial charge in [-0.1, -0.05) is 25.0 Å². The third-order valence-corrected chi connectivity index (χ3v) is 7.80. The Hall–Kier alpha value is -4.50. The highest BCUT2D eigenvalue weighted by Gasteiger charge is 2.62. The first-order chi connectivity index (χ1) is 23.3. The van der Waals surface area contributed by atoms with Crippen LogP contribution in [0.3, 0.4) is 0 Å². The summed E-state index contributed by atoms with van der Waals surface area (Å²) in [5, 5.41) is 26.3. The molecule has 1 aliphatic carbocycles. The number of aryl methyl sites for hydroxylation is 1. The predicted molar refractivity (Wildman–Crippen MR) is 183 cm³/mol. The molecule has 50 heavy (non-hydrogen) atoms. The second-order valence-electron chi connectivity index (χ2n) is 14.4. The molecule has 0 radical (unpaired) electrons. The third kappa shape index (κ3) is 12.8. The number of nitrogens with one attached hydrogen (secondary N) is 2. The van der Waals surface area contributed by atoms with Gasteiger partial charge < -0.3 is 30.0 Å². The van der Waals surface area contributed by atoms with Gasteiger partial charge in [0.05, 0.1) is 13.7 Å². The van der Waals surface area contributed by atoms with E-state index in [0.29, 0.717) is 18.7 Å². The highest BCUT2D eigenvalue weighted by molar-refractivity contribution is 5.95. The summed E-state index contributed by atoms with van der Waals surface area (Å²) in [4.78, 5) is 63.9. The minimum atomic E-state index is -1.14. The maximum absolute atomic E-state index is 13.3. The van der Waals surface area contributed by atoms with Crippen molar-refractivity contribution in [2.45, 2.75) is 128 Å². The lowest BCUT2D eigenvalue weighted by molar-refractivity contribution is -0.149. The highest BCUT2D eigenvalue weighted by Crippen LogP contribution is 2.46. The minimum Gasteiger partial charge on any atom is -0.480 e. The molecule has 280 valence electrons. The molecule has 1 saturated carbocycles. The summed E-state index contributed by atoms with van der Waals surface area (Å²) in [5.74, 6) is -2.04. The van der Waals surface area contributed by atoms with E-state index in [-0.39, 0.29) is 31.4 Å². The standard InChI is InChI=1S/C20H30N6O5.C14H25NO4/c1-7-13-10-20(13,17(28)30-8-2)21-16(27)14-9-12(15-22-24-25(6)23-15)11-26(14)18(29)31-19(3,4)5;1-5-6-7-8-9-10-11(12(16)17)15-13(18)19-14(2,3)4/h7,12-14H,1,8-11H2,2-6H3,(H,21,27);5,11H,1,6-10H2,2-4H3,(H,15,18)(H,16,17)/t12-,13-,14-,20?;/m1./s1. The van der Waals surface area contributed by atoms with Gasteiger partial charge in [-0.15, -0.1) is 23.4 Å². The maximum Gasteiger partial charge on any atom is 0.410 e. The lowest BCUT2D eigenvalue weighted by Gasteiger charge is -2.29. The number of allylic oxidation sites excluding steroid dienone is 1. The van der Waals surface area contributed by atoms with Crippen molar-refractivity contribution in [3.63, 3.8) is 0 Å². The fourth-order valence-electron chi connectivity index (χ4n) is 5.34. The van der Waals surface area contributed by atoms with Crippen molar-refractivity contribution in [2.24, 2.45) is 13.0 Å². The van der Waals surface area contributed by atoms with E-state index in [4.69, 9.17) is 19.3 Å². The van der Waals surface area contributed by atoms with Gasteiger partial charge in [0.25, 0.3) is 0 Å². The van der Waals surface area contributed by atoms with Crippen molar-refractivity contribution in [2.75, 3.05) is 13.2 Å². The summed E-state index contributed by atoms with van der Waals surface area (Å²) in [6.07, 6.45) is 6.87. The van der Waals surface area contributed by atoms with Crippen molar-refractivity contribution < 1.29 is 43.3 Å². The number of esters is 1. The smallest absolute Gasteiger partial charge is 0.410 e. The number of carboxylic acid groups (broad SMARTS) is 1. The van der Waals surface area contributed by atoms with Gasteiger partial charge in [0, 0.05) is 18.4 Å². The molecular weight excluding hydrogens is 650 g/mol. The second kappa shape index (κ2) is 17.9. The molecule has 16 nitrogen and oxygen atoms in total. The van der Waals surface area contributed by atoms with E-state index >= 15 is 0 Å². The Bertz CT molecular complexity index is 1370. The van der Waals surface area contributed by atoms with Crippen LogP contribution < -0.4 is 10.6 Å². The first-order valence-electron chi connectivity index (χ1n) is 16.9. The van der Waals surface area contributed by atoms with E-state index in [1.807, 2.05) is 6.08 Å². The number of nitrogens with zero attached hydrogens (tertiary/aromatic N) is 5. The Morgan fingerprint density at radius 2 is 1.72 bits per heavy atom. The van der Waals surface area contributed by atoms with Crippen LogP contribution in [0.25, 0.3) is 0 Å². The van der Waals surface area contributed by atoms with Gasteiger partial charge in [-0.3, -0.25) is 9.69 Å². The van der Waals surface area contributed by atoms with Crippen molar-refractivity contribution in [1.82, 2.24) is 35.7 Å². The van der Waals surface area contributed by atoms with Crippen molar-refractivity contribution in [3.05, 3.63) is 31.1 Å². The number of hydrogen-bond acceptors (Lipinski definition) is 11. The Balaban J connectivity index is 0.000000394. The Labute approximate surface area is 294 Å². The Kier molecular flexibility index (Phi) is 15.0. The molecule has 1 aromatic rings. The molecule has 2 fully saturated rings. The SMILES string of the molecule is C=CCCCCCC(NC(=O)OC(C)(C)C)C(=O)O.C=C[C@@H]1CC1(NC(=O)[C@H]1C[C@@H](c2nnn(C)n2)CN1C(=O)OC(C)(C)C)C(=O)OCC. The maximum atomic E-state index is 13.3. The normalized spacial score (nSPS) is 21.8. The summed E-state index contributed by atoms with van der Waals surface area (Å²) in [7, 11) is 1.65. The van der Waals surface area contributed by atoms with Crippen molar-refractivity contribution in [3.8, 4) is 0 Å². The molecule has 2 heterocycles. The fraction of sp³-hybridized carbons (Fsp3) is 0.706. The predicted octanol–water partition coefficient (Wildman–Crippen LogP) is 4.03. The molecule has 1 saturated heterocycles. The van der Waals surface area contributed by atoms with Crippen LogP contribution in [0.5, 0.6) is 0 Å². The number of tetrazole rings is 1. The van der Waals surface area contributed by atoms with Crippen LogP contribution in [0.4, 0.5) is 9.59 Å². The number of carbonyl (C=O) groups excluding carboxylic acids is 4. The molecular formula is C34H55N7O9. The summed E-state index contributed by atoms with van der Waals surface area (Å²) in [6.45, 7) is 19.9. The fourth-order valence-corrected chi connectivity index (χ4v) is 5.34. The lowest BCUT2D eigenvalue weighted by Crippen LogP contribution is -2.53. The van der Waals surface area contributed by atoms with E-state index in [0.717, 1.165) is 25.7 Å². The molecule has 0 bridgehead atoms. The summed E-state index contributed by atoms with van der Waals surface area (Å²) >= 11 is 0. The number of amides is 3. The number of rotatable bonds is 14. The van der Waals surface area contributed by atoms with E-state index in [9.17, 15) is 24.0 Å². The molecule has 16 heteroatoms. The quantitative estimate of drug-likeness (QED) is 0.109. The molecule has 3 amide bonds.